The van der Waals surface area contributed by atoms with Crippen LogP contribution < -0.4 is 0 Å². The van der Waals surface area contributed by atoms with Crippen LogP contribution in [-0.2, 0) is 9.46 Å². The van der Waals surface area contributed by atoms with Gasteiger partial charge in [-0.25, -0.2) is 8.42 Å². The van der Waals surface area contributed by atoms with Gasteiger partial charge in [-0.1, -0.05) is 6.92 Å². The van der Waals surface area contributed by atoms with E-state index in [-0.39, 0.29) is 22.7 Å². The molecule has 0 aromatic rings. The lowest BCUT2D eigenvalue weighted by atomic mass is 11.0. The van der Waals surface area contributed by atoms with E-state index in [1.165, 1.54) is 0 Å². The van der Waals surface area contributed by atoms with Crippen LogP contribution >= 0.6 is 25.4 Å². The average Bonchev–Trinajstić information content (AvgIpc) is 1.35. The Labute approximate surface area is 56.3 Å². The van der Waals surface area contributed by atoms with E-state index in [0.717, 1.165) is 0 Å². The fourth-order valence-corrected chi connectivity index (χ4v) is 0. The molecule has 0 N–H and O–H groups in total. The van der Waals surface area contributed by atoms with Crippen molar-refractivity contribution in [3.8, 4) is 0 Å². The maximum atomic E-state index is 9.96. The lowest BCUT2D eigenvalue weighted by Crippen LogP contribution is -1.87. The maximum absolute atomic E-state index is 9.96. The minimum atomic E-state index is -2.75. The Balaban J connectivity index is 0. The standard InChI is InChI=1S/C2H7O2PS.BrH/c1-2-6(3,4)5;/h2,5H2,1H3;1H. The summed E-state index contributed by atoms with van der Waals surface area (Å²) in [4.78, 5) is 0. The van der Waals surface area contributed by atoms with Crippen LogP contribution in [0.15, 0.2) is 0 Å². The molecule has 1 unspecified atom stereocenters. The van der Waals surface area contributed by atoms with Gasteiger partial charge in [0.1, 0.15) is 0 Å². The molecule has 2 nitrogen and oxygen atoms in total. The highest BCUT2D eigenvalue weighted by Crippen LogP contribution is 1.96. The summed E-state index contributed by atoms with van der Waals surface area (Å²) in [6.07, 6.45) is 0. The van der Waals surface area contributed by atoms with Crippen molar-refractivity contribution in [3.63, 3.8) is 0 Å². The van der Waals surface area contributed by atoms with E-state index in [9.17, 15) is 8.42 Å². The van der Waals surface area contributed by atoms with Gasteiger partial charge >= 0.3 is 0 Å². The molecule has 0 heterocycles. The molecule has 0 bridgehead atoms. The molecule has 7 heavy (non-hydrogen) atoms. The summed E-state index contributed by atoms with van der Waals surface area (Å²) in [6.45, 7) is 1.60. The van der Waals surface area contributed by atoms with Gasteiger partial charge in [0.15, 0.2) is 9.46 Å². The fourth-order valence-electron chi connectivity index (χ4n) is 0. The van der Waals surface area contributed by atoms with Crippen LogP contribution in [0, 0.1) is 0 Å². The highest BCUT2D eigenvalue weighted by molar-refractivity contribution is 8.93. The van der Waals surface area contributed by atoms with Crippen LogP contribution in [0.2, 0.25) is 0 Å². The van der Waals surface area contributed by atoms with E-state index in [1.54, 1.807) is 15.4 Å². The first-order chi connectivity index (χ1) is 2.56. The van der Waals surface area contributed by atoms with Crippen molar-refractivity contribution < 1.29 is 8.42 Å². The molecule has 0 amide bonds. The molecule has 0 aromatic heterocycles. The predicted octanol–water partition coefficient (Wildman–Crippen LogP) is 0.789. The zero-order valence-corrected chi connectivity index (χ0v) is 7.60. The zero-order chi connectivity index (χ0) is 5.21. The summed E-state index contributed by atoms with van der Waals surface area (Å²) in [6, 6.07) is 0. The Hall–Kier alpha value is 0.860. The molecular weight excluding hydrogens is 199 g/mol. The summed E-state index contributed by atoms with van der Waals surface area (Å²) in [5.41, 5.74) is 0. The first-order valence-corrected chi connectivity index (χ1v) is 4.69. The van der Waals surface area contributed by atoms with Crippen LogP contribution in [0.25, 0.3) is 0 Å². The summed E-state index contributed by atoms with van der Waals surface area (Å²) in [5.74, 6) is 0.206. The van der Waals surface area contributed by atoms with Crippen LogP contribution in [0.3, 0.4) is 0 Å². The number of halogens is 1. The Morgan fingerprint density at radius 2 is 1.71 bits per heavy atom. The molecule has 5 heteroatoms. The van der Waals surface area contributed by atoms with Crippen LogP contribution in [0.1, 0.15) is 6.92 Å². The summed E-state index contributed by atoms with van der Waals surface area (Å²) in [7, 11) is -0.981. The monoisotopic (exact) mass is 206 g/mol. The topological polar surface area (TPSA) is 34.1 Å². The quantitative estimate of drug-likeness (QED) is 0.595. The lowest BCUT2D eigenvalue weighted by Gasteiger charge is -1.80. The van der Waals surface area contributed by atoms with Crippen LogP contribution in [-0.4, -0.2) is 14.2 Å². The number of rotatable bonds is 1. The molecule has 0 aliphatic carbocycles. The Kier molecular flexibility index (Phi) is 5.87. The Morgan fingerprint density at radius 3 is 1.71 bits per heavy atom. The highest BCUT2D eigenvalue weighted by Gasteiger charge is 1.90. The van der Waals surface area contributed by atoms with Gasteiger partial charge in [-0.3, -0.25) is 0 Å². The molecule has 1 atom stereocenters. The van der Waals surface area contributed by atoms with Crippen molar-refractivity contribution in [3.05, 3.63) is 0 Å². The van der Waals surface area contributed by atoms with Crippen molar-refractivity contribution in [2.45, 2.75) is 6.92 Å². The minimum Gasteiger partial charge on any atom is -0.225 e. The van der Waals surface area contributed by atoms with E-state index in [4.69, 9.17) is 0 Å². The molecule has 0 rings (SSSR count). The molecule has 0 spiro atoms. The molecular formula is C2H8BrO2PS. The van der Waals surface area contributed by atoms with E-state index >= 15 is 0 Å². The van der Waals surface area contributed by atoms with Crippen molar-refractivity contribution in [1.29, 1.82) is 0 Å². The number of hydrogen-bond acceptors (Lipinski definition) is 2. The SMILES string of the molecule is Br.CCS(=O)(=O)P. The second-order valence-corrected chi connectivity index (χ2v) is 5.01. The molecule has 0 saturated carbocycles. The third-order valence-electron chi connectivity index (χ3n) is 0.402. The van der Waals surface area contributed by atoms with E-state index in [2.05, 4.69) is 0 Å². The van der Waals surface area contributed by atoms with Gasteiger partial charge in [0.05, 0.1) is 5.75 Å². The minimum absolute atomic E-state index is 0. The van der Waals surface area contributed by atoms with Crippen molar-refractivity contribution >= 4 is 34.9 Å². The van der Waals surface area contributed by atoms with Gasteiger partial charge in [-0.2, -0.15) is 0 Å². The molecule has 0 radical (unpaired) electrons. The normalized spacial score (nSPS) is 10.0. The highest BCUT2D eigenvalue weighted by atomic mass is 79.9. The van der Waals surface area contributed by atoms with Crippen LogP contribution in [0.4, 0.5) is 0 Å². The molecule has 0 aliphatic heterocycles. The Morgan fingerprint density at radius 1 is 1.57 bits per heavy atom. The maximum Gasteiger partial charge on any atom is 0.161 e. The second kappa shape index (κ2) is 3.81. The third-order valence-corrected chi connectivity index (χ3v) is 2.21. The number of hydrogen-bond donors (Lipinski definition) is 0. The van der Waals surface area contributed by atoms with Crippen molar-refractivity contribution in [1.82, 2.24) is 0 Å². The van der Waals surface area contributed by atoms with Gasteiger partial charge in [0.2, 0.25) is 0 Å². The van der Waals surface area contributed by atoms with E-state index < -0.39 is 9.46 Å². The molecule has 46 valence electrons. The van der Waals surface area contributed by atoms with Gasteiger partial charge in [0.25, 0.3) is 0 Å². The predicted molar refractivity (Wildman–Crippen MR) is 39.5 cm³/mol. The third kappa shape index (κ3) is 10.9. The largest absolute Gasteiger partial charge is 0.225 e. The van der Waals surface area contributed by atoms with E-state index in [0.29, 0.717) is 0 Å². The lowest BCUT2D eigenvalue weighted by molar-refractivity contribution is 0.611. The Bertz CT molecular complexity index is 118. The first kappa shape index (κ1) is 10.8. The second-order valence-electron chi connectivity index (χ2n) is 0.952. The smallest absolute Gasteiger partial charge is 0.161 e. The van der Waals surface area contributed by atoms with Crippen molar-refractivity contribution in [2.24, 2.45) is 0 Å². The summed E-state index contributed by atoms with van der Waals surface area (Å²) < 4.78 is 19.9. The van der Waals surface area contributed by atoms with E-state index in [1.807, 2.05) is 0 Å². The van der Waals surface area contributed by atoms with Gasteiger partial charge in [0, 0.05) is 0 Å². The molecule has 0 aromatic carbocycles. The van der Waals surface area contributed by atoms with Crippen molar-refractivity contribution in [2.75, 3.05) is 5.75 Å². The first-order valence-electron chi connectivity index (χ1n) is 1.56. The van der Waals surface area contributed by atoms with Gasteiger partial charge in [-0.05, 0) is 8.44 Å². The van der Waals surface area contributed by atoms with Crippen LogP contribution in [0.5, 0.6) is 0 Å². The molecule has 0 saturated heterocycles. The molecule has 0 aliphatic rings. The summed E-state index contributed by atoms with van der Waals surface area (Å²) >= 11 is 0. The molecule has 0 fully saturated rings. The fraction of sp³-hybridized carbons (Fsp3) is 1.00. The average molecular weight is 207 g/mol. The summed E-state index contributed by atoms with van der Waals surface area (Å²) in [5, 5.41) is 0. The van der Waals surface area contributed by atoms with Gasteiger partial charge < -0.3 is 0 Å². The zero-order valence-electron chi connectivity index (χ0n) is 3.92. The van der Waals surface area contributed by atoms with Gasteiger partial charge in [-0.15, -0.1) is 17.0 Å².